The van der Waals surface area contributed by atoms with E-state index in [0.717, 1.165) is 5.92 Å². The zero-order valence-electron chi connectivity index (χ0n) is 9.91. The largest absolute Gasteiger partial charge is 0.0676 e. The van der Waals surface area contributed by atoms with E-state index in [2.05, 4.69) is 34.6 Å². The Balaban J connectivity index is 2.75. The Kier molecular flexibility index (Phi) is 3.21. The molecule has 1 aliphatic carbocycles. The Morgan fingerprint density at radius 1 is 1.38 bits per heavy atom. The standard InChI is InChI=1S/C13H24/c1-6-8-11(10(3)7-2)12-9-13(12,4)5/h10H,6-9H2,1-5H3/b12-11-. The highest BCUT2D eigenvalue weighted by molar-refractivity contribution is 5.36. The van der Waals surface area contributed by atoms with Gasteiger partial charge in [0, 0.05) is 0 Å². The molecule has 1 unspecified atom stereocenters. The van der Waals surface area contributed by atoms with Crippen molar-refractivity contribution >= 4 is 0 Å². The van der Waals surface area contributed by atoms with Gasteiger partial charge >= 0.3 is 0 Å². The van der Waals surface area contributed by atoms with Gasteiger partial charge in [0.1, 0.15) is 0 Å². The summed E-state index contributed by atoms with van der Waals surface area (Å²) < 4.78 is 0. The van der Waals surface area contributed by atoms with Gasteiger partial charge in [-0.05, 0) is 30.6 Å². The van der Waals surface area contributed by atoms with Crippen molar-refractivity contribution in [3.8, 4) is 0 Å². The molecule has 0 N–H and O–H groups in total. The summed E-state index contributed by atoms with van der Waals surface area (Å²) in [7, 11) is 0. The maximum absolute atomic E-state index is 2.38. The molecule has 1 atom stereocenters. The zero-order valence-corrected chi connectivity index (χ0v) is 9.91. The summed E-state index contributed by atoms with van der Waals surface area (Å²) in [6.45, 7) is 11.7. The normalized spacial score (nSPS) is 25.6. The van der Waals surface area contributed by atoms with Crippen molar-refractivity contribution in [2.75, 3.05) is 0 Å². The van der Waals surface area contributed by atoms with Crippen molar-refractivity contribution in [2.24, 2.45) is 11.3 Å². The van der Waals surface area contributed by atoms with Gasteiger partial charge < -0.3 is 0 Å². The van der Waals surface area contributed by atoms with Crippen molar-refractivity contribution in [3.63, 3.8) is 0 Å². The zero-order chi connectivity index (χ0) is 10.1. The van der Waals surface area contributed by atoms with E-state index in [0.29, 0.717) is 5.41 Å². The van der Waals surface area contributed by atoms with Gasteiger partial charge in [-0.15, -0.1) is 0 Å². The highest BCUT2D eigenvalue weighted by Gasteiger charge is 2.41. The predicted octanol–water partition coefficient (Wildman–Crippen LogP) is 4.56. The van der Waals surface area contributed by atoms with E-state index < -0.39 is 0 Å². The number of allylic oxidation sites excluding steroid dienone is 2. The highest BCUT2D eigenvalue weighted by atomic mass is 14.5. The predicted molar refractivity (Wildman–Crippen MR) is 59.8 cm³/mol. The lowest BCUT2D eigenvalue weighted by Crippen LogP contribution is -1.99. The molecule has 0 aromatic carbocycles. The van der Waals surface area contributed by atoms with Crippen LogP contribution in [0.15, 0.2) is 11.1 Å². The molecule has 13 heavy (non-hydrogen) atoms. The van der Waals surface area contributed by atoms with Crippen molar-refractivity contribution in [3.05, 3.63) is 11.1 Å². The van der Waals surface area contributed by atoms with Crippen molar-refractivity contribution in [1.29, 1.82) is 0 Å². The minimum atomic E-state index is 0.550. The molecule has 0 nitrogen and oxygen atoms in total. The first-order valence-corrected chi connectivity index (χ1v) is 5.75. The lowest BCUT2D eigenvalue weighted by Gasteiger charge is -2.14. The third kappa shape index (κ3) is 2.36. The van der Waals surface area contributed by atoms with Crippen LogP contribution in [0.5, 0.6) is 0 Å². The van der Waals surface area contributed by atoms with Gasteiger partial charge in [0.25, 0.3) is 0 Å². The molecule has 0 heterocycles. The third-order valence-corrected chi connectivity index (χ3v) is 3.42. The molecule has 0 aliphatic heterocycles. The Bertz CT molecular complexity index is 208. The Morgan fingerprint density at radius 2 is 1.92 bits per heavy atom. The molecule has 1 rings (SSSR count). The van der Waals surface area contributed by atoms with Crippen LogP contribution >= 0.6 is 0 Å². The Hall–Kier alpha value is -0.260. The van der Waals surface area contributed by atoms with Gasteiger partial charge in [-0.2, -0.15) is 0 Å². The van der Waals surface area contributed by atoms with E-state index in [1.165, 1.54) is 25.7 Å². The van der Waals surface area contributed by atoms with Crippen molar-refractivity contribution in [1.82, 2.24) is 0 Å². The maximum atomic E-state index is 2.38. The van der Waals surface area contributed by atoms with Crippen LogP contribution in [0.3, 0.4) is 0 Å². The van der Waals surface area contributed by atoms with E-state index in [9.17, 15) is 0 Å². The van der Waals surface area contributed by atoms with Gasteiger partial charge in [-0.3, -0.25) is 0 Å². The molecular formula is C13H24. The van der Waals surface area contributed by atoms with E-state index in [1.807, 2.05) is 0 Å². The second-order valence-electron chi connectivity index (χ2n) is 5.12. The fourth-order valence-electron chi connectivity index (χ4n) is 2.16. The molecule has 1 aliphatic rings. The summed E-state index contributed by atoms with van der Waals surface area (Å²) >= 11 is 0. The van der Waals surface area contributed by atoms with Gasteiger partial charge in [-0.1, -0.05) is 52.2 Å². The fourth-order valence-corrected chi connectivity index (χ4v) is 2.16. The molecule has 0 radical (unpaired) electrons. The second-order valence-corrected chi connectivity index (χ2v) is 5.12. The van der Waals surface area contributed by atoms with Crippen molar-refractivity contribution in [2.45, 2.75) is 60.3 Å². The van der Waals surface area contributed by atoms with Crippen LogP contribution in [-0.4, -0.2) is 0 Å². The van der Waals surface area contributed by atoms with Crippen LogP contribution in [0.4, 0.5) is 0 Å². The van der Waals surface area contributed by atoms with E-state index in [-0.39, 0.29) is 0 Å². The maximum Gasteiger partial charge on any atom is -0.0104 e. The van der Waals surface area contributed by atoms with Gasteiger partial charge in [0.15, 0.2) is 0 Å². The summed E-state index contributed by atoms with van der Waals surface area (Å²) in [6.07, 6.45) is 5.29. The highest BCUT2D eigenvalue weighted by Crippen LogP contribution is 2.54. The average molecular weight is 180 g/mol. The molecule has 1 fully saturated rings. The molecule has 0 saturated heterocycles. The lowest BCUT2D eigenvalue weighted by molar-refractivity contribution is 0.602. The van der Waals surface area contributed by atoms with Crippen molar-refractivity contribution < 1.29 is 0 Å². The number of rotatable bonds is 4. The smallest absolute Gasteiger partial charge is 0.0104 e. The molecule has 0 aromatic rings. The van der Waals surface area contributed by atoms with E-state index in [4.69, 9.17) is 0 Å². The molecule has 0 bridgehead atoms. The van der Waals surface area contributed by atoms with Gasteiger partial charge in [0.05, 0.1) is 0 Å². The van der Waals surface area contributed by atoms with Crippen LogP contribution in [-0.2, 0) is 0 Å². The second kappa shape index (κ2) is 3.86. The fraction of sp³-hybridized carbons (Fsp3) is 0.846. The lowest BCUT2D eigenvalue weighted by atomic mass is 9.92. The molecule has 0 aromatic heterocycles. The SMILES string of the molecule is CCC/C(=C1\CC1(C)C)C(C)CC. The average Bonchev–Trinajstić information content (AvgIpc) is 2.69. The molecule has 1 saturated carbocycles. The minimum Gasteiger partial charge on any atom is -0.0676 e. The molecule has 0 amide bonds. The van der Waals surface area contributed by atoms with E-state index >= 15 is 0 Å². The van der Waals surface area contributed by atoms with Crippen LogP contribution in [0.25, 0.3) is 0 Å². The summed E-state index contributed by atoms with van der Waals surface area (Å²) in [4.78, 5) is 0. The minimum absolute atomic E-state index is 0.550. The topological polar surface area (TPSA) is 0 Å². The Morgan fingerprint density at radius 3 is 2.23 bits per heavy atom. The molecule has 76 valence electrons. The summed E-state index contributed by atoms with van der Waals surface area (Å²) in [5.41, 5.74) is 4.09. The first kappa shape index (κ1) is 10.8. The van der Waals surface area contributed by atoms with Crippen LogP contribution in [0, 0.1) is 11.3 Å². The summed E-state index contributed by atoms with van der Waals surface area (Å²) in [5, 5.41) is 0. The van der Waals surface area contributed by atoms with Crippen LogP contribution < -0.4 is 0 Å². The molecular weight excluding hydrogens is 156 g/mol. The quantitative estimate of drug-likeness (QED) is 0.556. The summed E-state index contributed by atoms with van der Waals surface area (Å²) in [6, 6.07) is 0. The van der Waals surface area contributed by atoms with Crippen LogP contribution in [0.2, 0.25) is 0 Å². The monoisotopic (exact) mass is 180 g/mol. The first-order valence-electron chi connectivity index (χ1n) is 5.75. The first-order chi connectivity index (χ1) is 6.03. The summed E-state index contributed by atoms with van der Waals surface area (Å²) in [5.74, 6) is 0.816. The molecule has 0 heteroatoms. The van der Waals surface area contributed by atoms with Gasteiger partial charge in [0.2, 0.25) is 0 Å². The van der Waals surface area contributed by atoms with Crippen LogP contribution in [0.1, 0.15) is 60.3 Å². The number of hydrogen-bond donors (Lipinski definition) is 0. The Labute approximate surface area is 83.4 Å². The van der Waals surface area contributed by atoms with E-state index in [1.54, 1.807) is 11.1 Å². The molecule has 0 spiro atoms. The van der Waals surface area contributed by atoms with Gasteiger partial charge in [-0.25, -0.2) is 0 Å². The number of hydrogen-bond acceptors (Lipinski definition) is 0. The third-order valence-electron chi connectivity index (χ3n) is 3.42.